The first-order valence-electron chi connectivity index (χ1n) is 5.09. The average molecular weight is 224 g/mol. The first kappa shape index (κ1) is 9.65. The number of hydrogen-bond acceptors (Lipinski definition) is 4. The van der Waals surface area contributed by atoms with Crippen molar-refractivity contribution in [3.05, 3.63) is 53.2 Å². The van der Waals surface area contributed by atoms with Gasteiger partial charge in [0.15, 0.2) is 5.82 Å². The van der Waals surface area contributed by atoms with Gasteiger partial charge in [-0.2, -0.15) is 0 Å². The molecule has 5 nitrogen and oxygen atoms in total. The lowest BCUT2D eigenvalue weighted by Gasteiger charge is -2.00. The Balaban J connectivity index is 2.23. The Labute approximate surface area is 96.2 Å². The van der Waals surface area contributed by atoms with Gasteiger partial charge in [0, 0.05) is 35.6 Å². The lowest BCUT2D eigenvalue weighted by atomic mass is 10.2. The molecule has 0 aliphatic rings. The highest BCUT2D eigenvalue weighted by atomic mass is 16.1. The Hall–Kier alpha value is -2.56. The lowest BCUT2D eigenvalue weighted by molar-refractivity contribution is 1.16. The summed E-state index contributed by atoms with van der Waals surface area (Å²) in [6, 6.07) is 6.84. The number of nitrogens with one attached hydrogen (secondary N) is 1. The first-order chi connectivity index (χ1) is 8.33. The van der Waals surface area contributed by atoms with Gasteiger partial charge in [0.2, 0.25) is 5.56 Å². The van der Waals surface area contributed by atoms with E-state index in [0.717, 1.165) is 10.9 Å². The van der Waals surface area contributed by atoms with E-state index in [-0.39, 0.29) is 5.56 Å². The van der Waals surface area contributed by atoms with Crippen LogP contribution < -0.4 is 5.56 Å². The van der Waals surface area contributed by atoms with Crippen LogP contribution in [0.2, 0.25) is 0 Å². The van der Waals surface area contributed by atoms with E-state index in [1.54, 1.807) is 24.7 Å². The average Bonchev–Trinajstić information content (AvgIpc) is 2.39. The van der Waals surface area contributed by atoms with Crippen molar-refractivity contribution in [1.82, 2.24) is 19.9 Å². The molecule has 17 heavy (non-hydrogen) atoms. The van der Waals surface area contributed by atoms with Gasteiger partial charge in [-0.25, -0.2) is 9.97 Å². The zero-order valence-electron chi connectivity index (χ0n) is 8.79. The molecular formula is C12H8N4O. The number of hydrogen-bond donors (Lipinski definition) is 1. The van der Waals surface area contributed by atoms with Gasteiger partial charge in [-0.05, 0) is 18.2 Å². The molecule has 0 unspecified atom stereocenters. The second kappa shape index (κ2) is 3.79. The maximum absolute atomic E-state index is 11.2. The van der Waals surface area contributed by atoms with E-state index < -0.39 is 0 Å². The largest absolute Gasteiger partial charge is 0.306 e. The van der Waals surface area contributed by atoms with Crippen molar-refractivity contribution in [2.75, 3.05) is 0 Å². The van der Waals surface area contributed by atoms with Crippen molar-refractivity contribution in [2.24, 2.45) is 0 Å². The van der Waals surface area contributed by atoms with E-state index in [4.69, 9.17) is 0 Å². The predicted molar refractivity (Wildman–Crippen MR) is 63.4 cm³/mol. The summed E-state index contributed by atoms with van der Waals surface area (Å²) >= 11 is 0. The van der Waals surface area contributed by atoms with Crippen LogP contribution in [-0.4, -0.2) is 19.9 Å². The zero-order chi connectivity index (χ0) is 11.7. The number of aromatic amines is 1. The van der Waals surface area contributed by atoms with E-state index in [2.05, 4.69) is 19.9 Å². The molecule has 1 N–H and O–H groups in total. The summed E-state index contributed by atoms with van der Waals surface area (Å²) in [5.74, 6) is 0.549. The first-order valence-corrected chi connectivity index (χ1v) is 5.09. The number of aromatic nitrogens is 4. The van der Waals surface area contributed by atoms with Gasteiger partial charge in [-0.1, -0.05) is 0 Å². The van der Waals surface area contributed by atoms with E-state index in [1.807, 2.05) is 12.1 Å². The van der Waals surface area contributed by atoms with Crippen LogP contribution in [0.4, 0.5) is 0 Å². The molecule has 0 radical (unpaired) electrons. The second-order valence-corrected chi connectivity index (χ2v) is 3.56. The molecule has 3 aromatic rings. The lowest BCUT2D eigenvalue weighted by Crippen LogP contribution is -2.04. The normalized spacial score (nSPS) is 10.6. The van der Waals surface area contributed by atoms with Gasteiger partial charge in [-0.3, -0.25) is 9.78 Å². The molecule has 0 aliphatic heterocycles. The molecule has 3 rings (SSSR count). The van der Waals surface area contributed by atoms with Gasteiger partial charge < -0.3 is 4.98 Å². The SMILES string of the molecule is O=c1ccc2cnc(-c3cccnc3)nc2[nH]1. The molecule has 3 aromatic heterocycles. The van der Waals surface area contributed by atoms with Crippen LogP contribution in [0.5, 0.6) is 0 Å². The maximum Gasteiger partial charge on any atom is 0.249 e. The van der Waals surface area contributed by atoms with Crippen LogP contribution in [0.15, 0.2) is 47.7 Å². The zero-order valence-corrected chi connectivity index (χ0v) is 8.79. The fourth-order valence-electron chi connectivity index (χ4n) is 1.57. The minimum Gasteiger partial charge on any atom is -0.306 e. The maximum atomic E-state index is 11.2. The van der Waals surface area contributed by atoms with Gasteiger partial charge >= 0.3 is 0 Å². The molecule has 0 fully saturated rings. The molecule has 5 heteroatoms. The van der Waals surface area contributed by atoms with E-state index in [1.165, 1.54) is 6.07 Å². The van der Waals surface area contributed by atoms with Crippen molar-refractivity contribution in [3.8, 4) is 11.4 Å². The van der Waals surface area contributed by atoms with E-state index in [9.17, 15) is 4.79 Å². The Morgan fingerprint density at radius 2 is 2.06 bits per heavy atom. The molecular weight excluding hydrogens is 216 g/mol. The molecule has 0 bridgehead atoms. The Morgan fingerprint density at radius 1 is 1.12 bits per heavy atom. The van der Waals surface area contributed by atoms with Crippen LogP contribution in [0.1, 0.15) is 0 Å². The van der Waals surface area contributed by atoms with Crippen molar-refractivity contribution in [1.29, 1.82) is 0 Å². The fraction of sp³-hybridized carbons (Fsp3) is 0. The van der Waals surface area contributed by atoms with Crippen LogP contribution in [0, 0.1) is 0 Å². The molecule has 0 atom stereocenters. The Kier molecular flexibility index (Phi) is 2.15. The Morgan fingerprint density at radius 3 is 2.88 bits per heavy atom. The highest BCUT2D eigenvalue weighted by Gasteiger charge is 2.03. The van der Waals surface area contributed by atoms with Gasteiger partial charge in [0.1, 0.15) is 5.65 Å². The summed E-state index contributed by atoms with van der Waals surface area (Å²) in [5.41, 5.74) is 1.18. The summed E-state index contributed by atoms with van der Waals surface area (Å²) in [5, 5.41) is 0.803. The van der Waals surface area contributed by atoms with Crippen molar-refractivity contribution in [2.45, 2.75) is 0 Å². The van der Waals surface area contributed by atoms with Gasteiger partial charge in [-0.15, -0.1) is 0 Å². The third kappa shape index (κ3) is 1.78. The van der Waals surface area contributed by atoms with Gasteiger partial charge in [0.05, 0.1) is 0 Å². The predicted octanol–water partition coefficient (Wildman–Crippen LogP) is 1.38. The highest BCUT2D eigenvalue weighted by molar-refractivity contribution is 5.75. The van der Waals surface area contributed by atoms with Crippen LogP contribution in [0.25, 0.3) is 22.4 Å². The molecule has 0 saturated carbocycles. The molecule has 0 aliphatic carbocycles. The molecule has 0 aromatic carbocycles. The van der Waals surface area contributed by atoms with Crippen LogP contribution in [-0.2, 0) is 0 Å². The monoisotopic (exact) mass is 224 g/mol. The standard InChI is InChI=1S/C12H8N4O/c17-10-4-3-9-7-14-11(16-12(9)15-10)8-2-1-5-13-6-8/h1-7H,(H,14,15,16,17). The van der Waals surface area contributed by atoms with Crippen molar-refractivity contribution in [3.63, 3.8) is 0 Å². The molecule has 0 amide bonds. The number of H-pyrrole nitrogens is 1. The molecule has 3 heterocycles. The summed E-state index contributed by atoms with van der Waals surface area (Å²) < 4.78 is 0. The number of rotatable bonds is 1. The topological polar surface area (TPSA) is 71.5 Å². The van der Waals surface area contributed by atoms with Gasteiger partial charge in [0.25, 0.3) is 0 Å². The smallest absolute Gasteiger partial charge is 0.249 e. The minimum atomic E-state index is -0.173. The summed E-state index contributed by atoms with van der Waals surface area (Å²) in [7, 11) is 0. The molecule has 82 valence electrons. The van der Waals surface area contributed by atoms with Crippen LogP contribution >= 0.6 is 0 Å². The third-order valence-electron chi connectivity index (χ3n) is 2.39. The molecule has 0 spiro atoms. The highest BCUT2D eigenvalue weighted by Crippen LogP contribution is 2.14. The Bertz CT molecular complexity index is 721. The molecule has 0 saturated heterocycles. The van der Waals surface area contributed by atoms with Crippen molar-refractivity contribution < 1.29 is 0 Å². The summed E-state index contributed by atoms with van der Waals surface area (Å²) in [4.78, 5) is 26.4. The van der Waals surface area contributed by atoms with Crippen LogP contribution in [0.3, 0.4) is 0 Å². The number of pyridine rings is 2. The van der Waals surface area contributed by atoms with Crippen molar-refractivity contribution >= 4 is 11.0 Å². The van der Waals surface area contributed by atoms with E-state index >= 15 is 0 Å². The second-order valence-electron chi connectivity index (χ2n) is 3.56. The summed E-state index contributed by atoms with van der Waals surface area (Å²) in [6.07, 6.45) is 5.05. The quantitative estimate of drug-likeness (QED) is 0.677. The van der Waals surface area contributed by atoms with E-state index in [0.29, 0.717) is 11.5 Å². The number of fused-ring (bicyclic) bond motifs is 1. The number of nitrogens with zero attached hydrogens (tertiary/aromatic N) is 3. The summed E-state index contributed by atoms with van der Waals surface area (Å²) in [6.45, 7) is 0. The minimum absolute atomic E-state index is 0.173. The third-order valence-corrected chi connectivity index (χ3v) is 2.39. The fourth-order valence-corrected chi connectivity index (χ4v) is 1.57.